The number of aliphatic imine (C=N–C) groups is 2. The number of pyridine rings is 1. The van der Waals surface area contributed by atoms with Crippen molar-refractivity contribution in [3.63, 3.8) is 0 Å². The number of carbonyl (C=O) groups is 1. The Balaban J connectivity index is 1.31. The van der Waals surface area contributed by atoms with Crippen LogP contribution in [0.2, 0.25) is 0 Å². The van der Waals surface area contributed by atoms with E-state index in [1.807, 2.05) is 68.6 Å². The molecule has 0 atom stereocenters. The summed E-state index contributed by atoms with van der Waals surface area (Å²) in [6.45, 7) is 9.30. The van der Waals surface area contributed by atoms with Crippen LogP contribution >= 0.6 is 0 Å². The van der Waals surface area contributed by atoms with E-state index in [-0.39, 0.29) is 17.9 Å². The topological polar surface area (TPSA) is 133 Å². The lowest BCUT2D eigenvalue weighted by atomic mass is 10.1. The van der Waals surface area contributed by atoms with E-state index >= 15 is 0 Å². The highest BCUT2D eigenvalue weighted by Gasteiger charge is 2.16. The molecule has 1 aliphatic rings. The molecule has 4 N–H and O–H groups in total. The maximum atomic E-state index is 12.6. The van der Waals surface area contributed by atoms with Crippen molar-refractivity contribution >= 4 is 35.6 Å². The van der Waals surface area contributed by atoms with Gasteiger partial charge in [0.1, 0.15) is 17.0 Å². The van der Waals surface area contributed by atoms with Crippen LogP contribution < -0.4 is 21.3 Å². The summed E-state index contributed by atoms with van der Waals surface area (Å²) >= 11 is 0. The Morgan fingerprint density at radius 1 is 1.07 bits per heavy atom. The normalized spacial score (nSPS) is 14.7. The first-order valence-corrected chi connectivity index (χ1v) is 13.2. The molecule has 204 valence electrons. The number of rotatable bonds is 7. The second-order valence-corrected chi connectivity index (χ2v) is 9.38. The number of hydrogen-bond donors (Lipinski definition) is 4. The molecule has 0 aliphatic carbocycles. The van der Waals surface area contributed by atoms with Crippen molar-refractivity contribution in [1.82, 2.24) is 30.2 Å². The molecule has 1 fully saturated rings. The fraction of sp³-hybridized carbons (Fsp3) is 0.241. The zero-order chi connectivity index (χ0) is 27.9. The number of fused-ring (bicyclic) bond motifs is 1. The molecule has 11 heteroatoms. The summed E-state index contributed by atoms with van der Waals surface area (Å²) in [5.41, 5.74) is 3.66. The molecule has 0 saturated carbocycles. The number of anilines is 2. The van der Waals surface area contributed by atoms with Gasteiger partial charge in [-0.2, -0.15) is 4.99 Å². The van der Waals surface area contributed by atoms with Crippen LogP contribution in [0, 0.1) is 6.92 Å². The average Bonchev–Trinajstić information content (AvgIpc) is 3.46. The minimum Gasteiger partial charge on any atom is -0.349 e. The quantitative estimate of drug-likeness (QED) is 0.207. The monoisotopic (exact) mass is 536 g/mol. The molecule has 1 saturated heterocycles. The molecule has 11 nitrogen and oxygen atoms in total. The van der Waals surface area contributed by atoms with Crippen LogP contribution in [0.15, 0.2) is 82.7 Å². The van der Waals surface area contributed by atoms with Gasteiger partial charge in [-0.3, -0.25) is 4.79 Å². The summed E-state index contributed by atoms with van der Waals surface area (Å²) in [5, 5.41) is 17.5. The maximum absolute atomic E-state index is 12.6. The van der Waals surface area contributed by atoms with E-state index in [9.17, 15) is 4.79 Å². The van der Waals surface area contributed by atoms with Gasteiger partial charge in [0.05, 0.1) is 0 Å². The molecule has 0 spiro atoms. The zero-order valence-electron chi connectivity index (χ0n) is 22.6. The van der Waals surface area contributed by atoms with Gasteiger partial charge in [0, 0.05) is 29.2 Å². The van der Waals surface area contributed by atoms with Crippen LogP contribution in [0.5, 0.6) is 0 Å². The molecule has 1 amide bonds. The van der Waals surface area contributed by atoms with Crippen molar-refractivity contribution in [2.45, 2.75) is 32.7 Å². The van der Waals surface area contributed by atoms with Crippen molar-refractivity contribution in [2.75, 3.05) is 23.7 Å². The Hall–Kier alpha value is -4.90. The number of hydrogen-bond acceptors (Lipinski definition) is 7. The molecule has 1 aliphatic heterocycles. The first-order chi connectivity index (χ1) is 19.5. The van der Waals surface area contributed by atoms with Crippen LogP contribution in [0.4, 0.5) is 11.5 Å². The van der Waals surface area contributed by atoms with Gasteiger partial charge in [0.25, 0.3) is 5.91 Å². The van der Waals surface area contributed by atoms with Crippen molar-refractivity contribution in [3.8, 4) is 11.5 Å². The Morgan fingerprint density at radius 3 is 2.60 bits per heavy atom. The van der Waals surface area contributed by atoms with E-state index in [4.69, 9.17) is 4.98 Å². The lowest BCUT2D eigenvalue weighted by Crippen LogP contribution is -2.42. The summed E-state index contributed by atoms with van der Waals surface area (Å²) in [4.78, 5) is 30.6. The van der Waals surface area contributed by atoms with E-state index < -0.39 is 0 Å². The van der Waals surface area contributed by atoms with Gasteiger partial charge in [-0.25, -0.2) is 19.5 Å². The lowest BCUT2D eigenvalue weighted by molar-refractivity contribution is 0.0929. The van der Waals surface area contributed by atoms with Gasteiger partial charge in [0.15, 0.2) is 5.82 Å². The second-order valence-electron chi connectivity index (χ2n) is 9.38. The number of benzene rings is 1. The molecule has 0 unspecified atom stereocenters. The number of nitrogens with zero attached hydrogens (tertiary/aromatic N) is 6. The van der Waals surface area contributed by atoms with E-state index in [0.29, 0.717) is 28.7 Å². The number of aromatic nitrogens is 4. The number of carbonyl (C=O) groups excluding carboxylic acids is 1. The standard InChI is InChI=1S/C29H32N10O/c1-4-25(35-27-24-9-6-18-39(24)38-26(37-27)23-8-5-7-19(2)32-23)36-29(30-3)34-21-12-10-20(11-13-21)28(40)33-22-14-16-31-17-15-22/h4-13,18,22,31H,3,14-17H2,1-2H3,(H,33,40)(H,34,36)(H,35,37,38)/b25-4-. The smallest absolute Gasteiger partial charge is 0.251 e. The molecule has 1 aromatic carbocycles. The second kappa shape index (κ2) is 12.3. The molecule has 40 heavy (non-hydrogen) atoms. The predicted molar refractivity (Wildman–Crippen MR) is 159 cm³/mol. The molecule has 5 rings (SSSR count). The van der Waals surface area contributed by atoms with Gasteiger partial charge < -0.3 is 21.3 Å². The Bertz CT molecular complexity index is 1570. The number of guanidine groups is 1. The van der Waals surface area contributed by atoms with Crippen LogP contribution in [0.25, 0.3) is 17.0 Å². The molecule has 0 radical (unpaired) electrons. The zero-order valence-corrected chi connectivity index (χ0v) is 22.6. The van der Waals surface area contributed by atoms with E-state index in [1.54, 1.807) is 16.6 Å². The lowest BCUT2D eigenvalue weighted by Gasteiger charge is -2.23. The van der Waals surface area contributed by atoms with Gasteiger partial charge in [0.2, 0.25) is 11.8 Å². The SMILES string of the molecule is C=NC(=N/C(=C\C)Nc1nc(-c2cccc(C)n2)nn2cccc12)Nc1ccc(C(=O)NC2CCNCC2)cc1. The molecule has 4 heterocycles. The maximum Gasteiger partial charge on any atom is 0.251 e. The van der Waals surface area contributed by atoms with Gasteiger partial charge in [-0.1, -0.05) is 6.07 Å². The first-order valence-electron chi connectivity index (χ1n) is 13.2. The van der Waals surface area contributed by atoms with Crippen molar-refractivity contribution in [1.29, 1.82) is 0 Å². The van der Waals surface area contributed by atoms with Crippen molar-refractivity contribution in [3.05, 3.63) is 83.9 Å². The average molecular weight is 537 g/mol. The van der Waals surface area contributed by atoms with Crippen LogP contribution in [0.3, 0.4) is 0 Å². The summed E-state index contributed by atoms with van der Waals surface area (Å²) in [7, 11) is 0. The third kappa shape index (κ3) is 6.38. The minimum absolute atomic E-state index is 0.0728. The van der Waals surface area contributed by atoms with Crippen molar-refractivity contribution in [2.24, 2.45) is 9.98 Å². The molecule has 0 bridgehead atoms. The third-order valence-electron chi connectivity index (χ3n) is 6.48. The van der Waals surface area contributed by atoms with Crippen molar-refractivity contribution < 1.29 is 4.79 Å². The number of piperidine rings is 1. The molecule has 4 aromatic rings. The highest BCUT2D eigenvalue weighted by atomic mass is 16.1. The van der Waals surface area contributed by atoms with Gasteiger partial charge in [-0.05, 0) is 101 Å². The molecular weight excluding hydrogens is 504 g/mol. The fourth-order valence-electron chi connectivity index (χ4n) is 4.37. The number of nitrogens with one attached hydrogen (secondary N) is 4. The summed E-state index contributed by atoms with van der Waals surface area (Å²) in [6.07, 6.45) is 5.54. The minimum atomic E-state index is -0.0728. The van der Waals surface area contributed by atoms with Crippen LogP contribution in [0.1, 0.15) is 35.8 Å². The first kappa shape index (κ1) is 26.7. The van der Waals surface area contributed by atoms with Gasteiger partial charge in [-0.15, -0.1) is 5.10 Å². The summed E-state index contributed by atoms with van der Waals surface area (Å²) in [5.74, 6) is 1.78. The fourth-order valence-corrected chi connectivity index (χ4v) is 4.37. The summed E-state index contributed by atoms with van der Waals surface area (Å²) < 4.78 is 1.75. The highest BCUT2D eigenvalue weighted by molar-refractivity contribution is 5.98. The van der Waals surface area contributed by atoms with Gasteiger partial charge >= 0.3 is 0 Å². The Kier molecular flexibility index (Phi) is 8.21. The van der Waals surface area contributed by atoms with Crippen LogP contribution in [-0.4, -0.2) is 57.3 Å². The summed E-state index contributed by atoms with van der Waals surface area (Å²) in [6, 6.07) is 16.9. The number of amides is 1. The largest absolute Gasteiger partial charge is 0.349 e. The number of aryl methyl sites for hydroxylation is 1. The number of allylic oxidation sites excluding steroid dienone is 1. The van der Waals surface area contributed by atoms with E-state index in [0.717, 1.165) is 42.8 Å². The highest BCUT2D eigenvalue weighted by Crippen LogP contribution is 2.21. The molecular formula is C29H32N10O. The Labute approximate surface area is 232 Å². The third-order valence-corrected chi connectivity index (χ3v) is 6.48. The van der Waals surface area contributed by atoms with E-state index in [2.05, 4.69) is 48.1 Å². The van der Waals surface area contributed by atoms with Crippen LogP contribution in [-0.2, 0) is 0 Å². The molecule has 3 aromatic heterocycles. The predicted octanol–water partition coefficient (Wildman–Crippen LogP) is 4.02. The van der Waals surface area contributed by atoms with E-state index in [1.165, 1.54) is 0 Å². The Morgan fingerprint density at radius 2 is 1.88 bits per heavy atom.